The highest BCUT2D eigenvalue weighted by molar-refractivity contribution is 7.85. The molecule has 7 nitrogen and oxygen atoms in total. The molecular weight excluding hydrogens is 194 g/mol. The van der Waals surface area contributed by atoms with E-state index < -0.39 is 18.2 Å². The maximum Gasteiger partial charge on any atom is 0.519 e. The van der Waals surface area contributed by atoms with E-state index in [0.29, 0.717) is 0 Å². The fraction of sp³-hybridized carbons (Fsp3) is 0. The predicted molar refractivity (Wildman–Crippen MR) is 24.7 cm³/mol. The first-order valence-electron chi connectivity index (χ1n) is 1.58. The quantitative estimate of drug-likeness (QED) is 0.475. The van der Waals surface area contributed by atoms with Crippen LogP contribution in [0.2, 0.25) is 0 Å². The highest BCUT2D eigenvalue weighted by Crippen LogP contribution is 2.44. The molecule has 0 heterocycles. The van der Waals surface area contributed by atoms with Crippen LogP contribution >= 0.6 is 7.82 Å². The van der Waals surface area contributed by atoms with Crippen molar-refractivity contribution >= 4 is 18.2 Å². The number of halogens is 1. The first-order chi connectivity index (χ1) is 4.27. The Bertz CT molecular complexity index is 238. The van der Waals surface area contributed by atoms with E-state index in [2.05, 4.69) is 8.70 Å². The molecule has 0 aliphatic heterocycles. The van der Waals surface area contributed by atoms with E-state index in [1.54, 1.807) is 0 Å². The molecule has 0 saturated carbocycles. The number of hydrogen-bond acceptors (Lipinski definition) is 5. The Labute approximate surface area is 54.8 Å². The molecule has 0 bridgehead atoms. The van der Waals surface area contributed by atoms with Gasteiger partial charge in [-0.05, 0) is 4.53 Å². The second kappa shape index (κ2) is 2.91. The van der Waals surface area contributed by atoms with Crippen molar-refractivity contribution in [1.82, 2.24) is 0 Å². The zero-order valence-corrected chi connectivity index (χ0v) is 5.88. The Morgan fingerprint density at radius 1 is 1.50 bits per heavy atom. The summed E-state index contributed by atoms with van der Waals surface area (Å²) in [6.07, 6.45) is 0. The van der Waals surface area contributed by atoms with Crippen LogP contribution in [0.25, 0.3) is 0 Å². The summed E-state index contributed by atoms with van der Waals surface area (Å²) in [6, 6.07) is 0. The third-order valence-electron chi connectivity index (χ3n) is 0.276. The molecule has 0 spiro atoms. The van der Waals surface area contributed by atoms with Crippen LogP contribution in [0.15, 0.2) is 0 Å². The first-order valence-corrected chi connectivity index (χ1v) is 4.45. The van der Waals surface area contributed by atoms with Crippen molar-refractivity contribution < 1.29 is 35.7 Å². The molecule has 0 aromatic carbocycles. The lowest BCUT2D eigenvalue weighted by atomic mass is 15.6. The fourth-order valence-corrected chi connectivity index (χ4v) is 1.17. The van der Waals surface area contributed by atoms with Crippen molar-refractivity contribution in [3.8, 4) is 0 Å². The summed E-state index contributed by atoms with van der Waals surface area (Å²) >= 11 is 0. The van der Waals surface area contributed by atoms with Gasteiger partial charge in [0.05, 0.1) is 0 Å². The lowest BCUT2D eigenvalue weighted by molar-refractivity contribution is -0.0364. The molecule has 0 fully saturated rings. The lowest BCUT2D eigenvalue weighted by Crippen LogP contribution is -2.01. The minimum Gasteiger partial charge on any atom is -0.300 e. The lowest BCUT2D eigenvalue weighted by Gasteiger charge is -1.99. The van der Waals surface area contributed by atoms with Crippen molar-refractivity contribution in [1.29, 1.82) is 0 Å². The van der Waals surface area contributed by atoms with E-state index in [0.717, 1.165) is 0 Å². The Balaban J connectivity index is 4.32. The summed E-state index contributed by atoms with van der Waals surface area (Å²) in [7, 11) is -10.5. The SMILES string of the molecule is O=P(O)(OF)OS(=O)(=O)O. The Morgan fingerprint density at radius 3 is 2.00 bits per heavy atom. The van der Waals surface area contributed by atoms with E-state index in [9.17, 15) is 17.5 Å². The maximum absolute atomic E-state index is 10.8. The highest BCUT2D eigenvalue weighted by Gasteiger charge is 2.29. The monoisotopic (exact) mass is 196 g/mol. The summed E-state index contributed by atoms with van der Waals surface area (Å²) < 4.78 is 52.3. The van der Waals surface area contributed by atoms with Gasteiger partial charge in [-0.3, -0.25) is 4.55 Å². The van der Waals surface area contributed by atoms with Crippen molar-refractivity contribution in [2.75, 3.05) is 0 Å². The van der Waals surface area contributed by atoms with Crippen LogP contribution in [-0.4, -0.2) is 17.9 Å². The molecule has 1 atom stereocenters. The summed E-state index contributed by atoms with van der Waals surface area (Å²) in [5.74, 6) is 0. The Hall–Kier alpha value is -0.0500. The minimum atomic E-state index is -5.30. The molecule has 0 aliphatic rings. The van der Waals surface area contributed by atoms with Gasteiger partial charge >= 0.3 is 18.2 Å². The molecule has 62 valence electrons. The molecule has 0 saturated heterocycles. The van der Waals surface area contributed by atoms with E-state index >= 15 is 0 Å². The van der Waals surface area contributed by atoms with Gasteiger partial charge in [0.15, 0.2) is 0 Å². The van der Waals surface area contributed by atoms with E-state index in [1.807, 2.05) is 0 Å². The minimum absolute atomic E-state index is 2.16. The number of rotatable bonds is 3. The van der Waals surface area contributed by atoms with E-state index in [4.69, 9.17) is 9.45 Å². The third-order valence-corrected chi connectivity index (χ3v) is 1.96. The molecule has 2 N–H and O–H groups in total. The maximum atomic E-state index is 10.8. The van der Waals surface area contributed by atoms with Crippen LogP contribution in [0.1, 0.15) is 0 Å². The normalized spacial score (nSPS) is 18.3. The summed E-state index contributed by atoms with van der Waals surface area (Å²) in [5.41, 5.74) is 0. The van der Waals surface area contributed by atoms with Gasteiger partial charge in [-0.1, -0.05) is 4.73 Å². The Kier molecular flexibility index (Phi) is 2.89. The van der Waals surface area contributed by atoms with E-state index in [-0.39, 0.29) is 0 Å². The van der Waals surface area contributed by atoms with Crippen LogP contribution in [0.3, 0.4) is 0 Å². The average molecular weight is 196 g/mol. The molecule has 0 aliphatic carbocycles. The standard InChI is InChI=1S/FH2O7PS/c1-7-9(2,3)8-10(4,5)6/h(H,2,3)(H,4,5,6). The number of hydrogen-bond donors (Lipinski definition) is 2. The van der Waals surface area contributed by atoms with Crippen LogP contribution < -0.4 is 0 Å². The third kappa shape index (κ3) is 4.79. The molecule has 10 heteroatoms. The summed E-state index contributed by atoms with van der Waals surface area (Å²) in [5, 5.41) is 0. The number of phosphoric acid groups is 1. The van der Waals surface area contributed by atoms with Crippen molar-refractivity contribution in [3.63, 3.8) is 0 Å². The van der Waals surface area contributed by atoms with Gasteiger partial charge in [-0.2, -0.15) is 8.42 Å². The van der Waals surface area contributed by atoms with Gasteiger partial charge in [0.2, 0.25) is 0 Å². The van der Waals surface area contributed by atoms with Crippen molar-refractivity contribution in [3.05, 3.63) is 0 Å². The van der Waals surface area contributed by atoms with Crippen LogP contribution in [0.4, 0.5) is 4.53 Å². The van der Waals surface area contributed by atoms with Gasteiger partial charge in [0.1, 0.15) is 0 Å². The van der Waals surface area contributed by atoms with Gasteiger partial charge in [0, 0.05) is 0 Å². The van der Waals surface area contributed by atoms with Gasteiger partial charge < -0.3 is 4.89 Å². The van der Waals surface area contributed by atoms with Crippen LogP contribution in [0, 0.1) is 0 Å². The fourth-order valence-electron chi connectivity index (χ4n) is 0.131. The van der Waals surface area contributed by atoms with Crippen molar-refractivity contribution in [2.24, 2.45) is 0 Å². The average Bonchev–Trinajstić information content (AvgIpc) is 1.60. The summed E-state index contributed by atoms with van der Waals surface area (Å²) in [4.78, 5) is 7.86. The molecule has 0 amide bonds. The molecule has 1 unspecified atom stereocenters. The molecular formula is H2FO7PS. The van der Waals surface area contributed by atoms with Gasteiger partial charge in [0.25, 0.3) is 0 Å². The zero-order valence-electron chi connectivity index (χ0n) is 4.17. The van der Waals surface area contributed by atoms with Crippen LogP contribution in [-0.2, 0) is 23.7 Å². The molecule has 0 aromatic heterocycles. The topological polar surface area (TPSA) is 110 Å². The predicted octanol–water partition coefficient (Wildman–Crippen LogP) is -0.193. The first kappa shape index (κ1) is 9.95. The molecule has 0 radical (unpaired) electrons. The molecule has 0 aromatic rings. The highest BCUT2D eigenvalue weighted by atomic mass is 32.3. The Morgan fingerprint density at radius 2 is 1.90 bits per heavy atom. The van der Waals surface area contributed by atoms with Gasteiger partial charge in [-0.25, -0.2) is 4.57 Å². The summed E-state index contributed by atoms with van der Waals surface area (Å²) in [6.45, 7) is 0. The zero-order chi connectivity index (χ0) is 8.41. The molecule has 0 rings (SSSR count). The van der Waals surface area contributed by atoms with Gasteiger partial charge in [-0.15, -0.1) is 3.97 Å². The second-order valence-corrected chi connectivity index (χ2v) is 3.57. The molecule has 10 heavy (non-hydrogen) atoms. The second-order valence-electron chi connectivity index (χ2n) is 1.04. The van der Waals surface area contributed by atoms with E-state index in [1.165, 1.54) is 0 Å². The smallest absolute Gasteiger partial charge is 0.300 e. The largest absolute Gasteiger partial charge is 0.519 e. The van der Waals surface area contributed by atoms with Crippen LogP contribution in [0.5, 0.6) is 0 Å². The van der Waals surface area contributed by atoms with Crippen molar-refractivity contribution in [2.45, 2.75) is 0 Å².